The number of thiophene rings is 1. The summed E-state index contributed by atoms with van der Waals surface area (Å²) in [5.74, 6) is -0.103. The molecule has 1 N–H and O–H groups in total. The second-order valence-electron chi connectivity index (χ2n) is 2.60. The first kappa shape index (κ1) is 9.60. The predicted molar refractivity (Wildman–Crippen MR) is 53.4 cm³/mol. The van der Waals surface area contributed by atoms with Crippen molar-refractivity contribution in [3.8, 4) is 11.6 Å². The lowest BCUT2D eigenvalue weighted by atomic mass is 10.4. The molecule has 0 aliphatic carbocycles. The average molecular weight is 222 g/mol. The first-order chi connectivity index (χ1) is 7.25. The Morgan fingerprint density at radius 2 is 2.40 bits per heavy atom. The Morgan fingerprint density at radius 1 is 1.53 bits per heavy atom. The van der Waals surface area contributed by atoms with Gasteiger partial charge in [0.05, 0.1) is 0 Å². The Bertz CT molecular complexity index is 469. The van der Waals surface area contributed by atoms with Gasteiger partial charge in [-0.05, 0) is 0 Å². The number of rotatable bonds is 3. The molecule has 0 aliphatic rings. The molecule has 6 heteroatoms. The summed E-state index contributed by atoms with van der Waals surface area (Å²) >= 11 is 1.11. The number of ether oxygens (including phenoxy) is 1. The smallest absolute Gasteiger partial charge is 0.346 e. The number of nitrogens with zero attached hydrogens (tertiary/aromatic N) is 2. The van der Waals surface area contributed by atoms with Gasteiger partial charge in [0.2, 0.25) is 5.88 Å². The van der Waals surface area contributed by atoms with Crippen LogP contribution >= 0.6 is 11.3 Å². The fourth-order valence-electron chi connectivity index (χ4n) is 0.944. The second kappa shape index (κ2) is 4.05. The normalized spacial score (nSPS) is 9.87. The van der Waals surface area contributed by atoms with Gasteiger partial charge in [-0.15, -0.1) is 11.3 Å². The summed E-state index contributed by atoms with van der Waals surface area (Å²) in [5, 5.41) is 10.3. The van der Waals surface area contributed by atoms with Crippen LogP contribution in [0.5, 0.6) is 11.6 Å². The number of carbonyl (C=O) groups is 1. The van der Waals surface area contributed by atoms with Crippen molar-refractivity contribution in [2.24, 2.45) is 0 Å². The summed E-state index contributed by atoms with van der Waals surface area (Å²) in [5.41, 5.74) is 0. The van der Waals surface area contributed by atoms with E-state index in [0.29, 0.717) is 11.6 Å². The number of carboxylic acid groups (broad SMARTS) is 1. The van der Waals surface area contributed by atoms with E-state index in [4.69, 9.17) is 9.84 Å². The van der Waals surface area contributed by atoms with E-state index in [1.54, 1.807) is 17.6 Å². The van der Waals surface area contributed by atoms with E-state index in [1.807, 2.05) is 0 Å². The molecule has 5 nitrogen and oxygen atoms in total. The molecule has 2 heterocycles. The molecule has 0 saturated heterocycles. The maximum Gasteiger partial charge on any atom is 0.346 e. The summed E-state index contributed by atoms with van der Waals surface area (Å²) < 4.78 is 5.31. The summed E-state index contributed by atoms with van der Waals surface area (Å²) in [6.45, 7) is 0. The molecule has 0 fully saturated rings. The molecule has 0 aliphatic heterocycles. The van der Waals surface area contributed by atoms with E-state index in [9.17, 15) is 4.79 Å². The van der Waals surface area contributed by atoms with Gasteiger partial charge in [-0.1, -0.05) is 0 Å². The molecular weight excluding hydrogens is 216 g/mol. The molecule has 2 aromatic heterocycles. The fourth-order valence-corrected chi connectivity index (χ4v) is 1.59. The van der Waals surface area contributed by atoms with Crippen molar-refractivity contribution in [1.29, 1.82) is 0 Å². The van der Waals surface area contributed by atoms with Crippen molar-refractivity contribution in [1.82, 2.24) is 9.97 Å². The number of aromatic nitrogens is 2. The van der Waals surface area contributed by atoms with Gasteiger partial charge < -0.3 is 9.84 Å². The molecule has 0 spiro atoms. The van der Waals surface area contributed by atoms with Crippen LogP contribution in [0.25, 0.3) is 0 Å². The quantitative estimate of drug-likeness (QED) is 0.860. The highest BCUT2D eigenvalue weighted by molar-refractivity contribution is 7.12. The number of aromatic carboxylic acids is 1. The van der Waals surface area contributed by atoms with E-state index >= 15 is 0 Å². The number of hydrogen-bond acceptors (Lipinski definition) is 5. The first-order valence-corrected chi connectivity index (χ1v) is 4.89. The summed E-state index contributed by atoms with van der Waals surface area (Å²) in [6.07, 6.45) is 2.91. The third-order valence-corrected chi connectivity index (χ3v) is 2.46. The van der Waals surface area contributed by atoms with E-state index in [1.165, 1.54) is 12.4 Å². The van der Waals surface area contributed by atoms with Gasteiger partial charge in [0.1, 0.15) is 17.0 Å². The largest absolute Gasteiger partial charge is 0.477 e. The van der Waals surface area contributed by atoms with Crippen LogP contribution in [-0.4, -0.2) is 21.0 Å². The summed E-state index contributed by atoms with van der Waals surface area (Å²) in [6, 6.07) is 3.05. The van der Waals surface area contributed by atoms with Crippen LogP contribution in [-0.2, 0) is 0 Å². The minimum atomic E-state index is -0.961. The first-order valence-electron chi connectivity index (χ1n) is 4.01. The third-order valence-electron chi connectivity index (χ3n) is 1.56. The SMILES string of the molecule is O=C(O)c1cc(Oc2ccncn2)cs1. The second-order valence-corrected chi connectivity index (χ2v) is 3.51. The highest BCUT2D eigenvalue weighted by Gasteiger charge is 2.08. The zero-order valence-corrected chi connectivity index (χ0v) is 8.27. The molecule has 0 unspecified atom stereocenters. The molecule has 0 radical (unpaired) electrons. The van der Waals surface area contributed by atoms with Crippen molar-refractivity contribution in [2.75, 3.05) is 0 Å². The minimum Gasteiger partial charge on any atom is -0.477 e. The molecule has 15 heavy (non-hydrogen) atoms. The number of carboxylic acids is 1. The minimum absolute atomic E-state index is 0.235. The maximum absolute atomic E-state index is 10.6. The van der Waals surface area contributed by atoms with Crippen LogP contribution in [0.4, 0.5) is 0 Å². The third kappa shape index (κ3) is 2.29. The lowest BCUT2D eigenvalue weighted by molar-refractivity contribution is 0.0702. The van der Waals surface area contributed by atoms with Crippen molar-refractivity contribution in [3.63, 3.8) is 0 Å². The molecule has 0 aromatic carbocycles. The van der Waals surface area contributed by atoms with Crippen LogP contribution in [0.1, 0.15) is 9.67 Å². The van der Waals surface area contributed by atoms with Gasteiger partial charge in [-0.3, -0.25) is 0 Å². The van der Waals surface area contributed by atoms with Crippen molar-refractivity contribution >= 4 is 17.3 Å². The van der Waals surface area contributed by atoms with Crippen molar-refractivity contribution in [2.45, 2.75) is 0 Å². The number of hydrogen-bond donors (Lipinski definition) is 1. The van der Waals surface area contributed by atoms with Gasteiger partial charge in [0.25, 0.3) is 0 Å². The van der Waals surface area contributed by atoms with Gasteiger partial charge in [-0.2, -0.15) is 0 Å². The van der Waals surface area contributed by atoms with Crippen molar-refractivity contribution < 1.29 is 14.6 Å². The monoisotopic (exact) mass is 222 g/mol. The van der Waals surface area contributed by atoms with E-state index in [2.05, 4.69) is 9.97 Å². The summed E-state index contributed by atoms with van der Waals surface area (Å²) in [7, 11) is 0. The molecule has 0 saturated carbocycles. The average Bonchev–Trinajstić information content (AvgIpc) is 2.68. The highest BCUT2D eigenvalue weighted by Crippen LogP contribution is 2.25. The molecule has 2 aromatic rings. The fraction of sp³-hybridized carbons (Fsp3) is 0. The Hall–Kier alpha value is -1.95. The highest BCUT2D eigenvalue weighted by atomic mass is 32.1. The van der Waals surface area contributed by atoms with E-state index < -0.39 is 5.97 Å². The van der Waals surface area contributed by atoms with Crippen LogP contribution in [0.15, 0.2) is 30.0 Å². The van der Waals surface area contributed by atoms with Gasteiger partial charge in [0, 0.05) is 23.7 Å². The molecule has 0 bridgehead atoms. The zero-order chi connectivity index (χ0) is 10.7. The molecular formula is C9H6N2O3S. The van der Waals surface area contributed by atoms with Crippen LogP contribution in [0.3, 0.4) is 0 Å². The lowest BCUT2D eigenvalue weighted by Gasteiger charge is -1.99. The van der Waals surface area contributed by atoms with Gasteiger partial charge in [0.15, 0.2) is 0 Å². The Morgan fingerprint density at radius 3 is 3.00 bits per heavy atom. The standard InChI is InChI=1S/C9H6N2O3S/c12-9(13)7-3-6(4-15-7)14-8-1-2-10-5-11-8/h1-5H,(H,12,13). The van der Waals surface area contributed by atoms with Gasteiger partial charge in [-0.25, -0.2) is 14.8 Å². The van der Waals surface area contributed by atoms with Gasteiger partial charge >= 0.3 is 5.97 Å². The molecule has 0 amide bonds. The molecule has 0 atom stereocenters. The Kier molecular flexibility index (Phi) is 2.59. The van der Waals surface area contributed by atoms with Crippen molar-refractivity contribution in [3.05, 3.63) is 34.9 Å². The Labute approximate surface area is 89.0 Å². The predicted octanol–water partition coefficient (Wildman–Crippen LogP) is 2.03. The Balaban J connectivity index is 2.15. The van der Waals surface area contributed by atoms with Crippen LogP contribution < -0.4 is 4.74 Å². The van der Waals surface area contributed by atoms with Crippen LogP contribution in [0, 0.1) is 0 Å². The van der Waals surface area contributed by atoms with E-state index in [0.717, 1.165) is 11.3 Å². The molecule has 2 rings (SSSR count). The summed E-state index contributed by atoms with van der Waals surface area (Å²) in [4.78, 5) is 18.4. The topological polar surface area (TPSA) is 72.3 Å². The van der Waals surface area contributed by atoms with Crippen LogP contribution in [0.2, 0.25) is 0 Å². The zero-order valence-electron chi connectivity index (χ0n) is 7.45. The van der Waals surface area contributed by atoms with E-state index in [-0.39, 0.29) is 4.88 Å². The maximum atomic E-state index is 10.6. The molecule has 76 valence electrons. The lowest BCUT2D eigenvalue weighted by Crippen LogP contribution is -1.90.